The predicted molar refractivity (Wildman–Crippen MR) is 264 cm³/mol. The summed E-state index contributed by atoms with van der Waals surface area (Å²) >= 11 is 0. The van der Waals surface area contributed by atoms with Gasteiger partial charge in [-0.3, -0.25) is 52.7 Å². The molecule has 0 saturated heterocycles. The molecule has 0 aliphatic rings. The molecular formula is C48H76N10O16. The Hall–Kier alpha value is -7.22. The van der Waals surface area contributed by atoms with E-state index in [4.69, 9.17) is 11.5 Å². The summed E-state index contributed by atoms with van der Waals surface area (Å²) in [7, 11) is 0. The summed E-state index contributed by atoms with van der Waals surface area (Å²) in [5, 5.41) is 57.6. The van der Waals surface area contributed by atoms with Crippen molar-refractivity contribution >= 4 is 71.1 Å². The number of carboxylic acid groups (broad SMARTS) is 3. The van der Waals surface area contributed by atoms with Crippen LogP contribution >= 0.6 is 0 Å². The van der Waals surface area contributed by atoms with E-state index < -0.39 is 170 Å². The molecule has 0 unspecified atom stereocenters. The maximum Gasteiger partial charge on any atom is 0.326 e. The Morgan fingerprint density at radius 3 is 1.38 bits per heavy atom. The average molecular weight is 1050 g/mol. The van der Waals surface area contributed by atoms with Gasteiger partial charge in [-0.1, -0.05) is 92.1 Å². The number of aliphatic carboxylic acids is 3. The molecule has 0 spiro atoms. The molecule has 0 aliphatic heterocycles. The zero-order valence-corrected chi connectivity index (χ0v) is 43.1. The van der Waals surface area contributed by atoms with E-state index in [1.807, 2.05) is 0 Å². The monoisotopic (exact) mass is 1050 g/mol. The number of carboxylic acids is 3. The van der Waals surface area contributed by atoms with Crippen molar-refractivity contribution in [3.8, 4) is 0 Å². The van der Waals surface area contributed by atoms with Crippen molar-refractivity contribution in [2.24, 2.45) is 35.1 Å². The fourth-order valence-corrected chi connectivity index (χ4v) is 7.25. The molecule has 414 valence electrons. The van der Waals surface area contributed by atoms with Crippen LogP contribution in [0.2, 0.25) is 0 Å². The highest BCUT2D eigenvalue weighted by Crippen LogP contribution is 2.13. The van der Waals surface area contributed by atoms with Gasteiger partial charge in [0, 0.05) is 6.42 Å². The van der Waals surface area contributed by atoms with E-state index in [0.29, 0.717) is 6.42 Å². The molecule has 0 saturated carbocycles. The summed E-state index contributed by atoms with van der Waals surface area (Å²) in [4.78, 5) is 156. The number of hydrogen-bond donors (Lipinski definition) is 14. The Bertz CT molecular complexity index is 2120. The van der Waals surface area contributed by atoms with Crippen molar-refractivity contribution in [2.75, 3.05) is 6.61 Å². The van der Waals surface area contributed by atoms with Crippen molar-refractivity contribution in [1.29, 1.82) is 0 Å². The summed E-state index contributed by atoms with van der Waals surface area (Å²) < 4.78 is 0. The first-order valence-electron chi connectivity index (χ1n) is 24.3. The molecule has 0 bridgehead atoms. The lowest BCUT2D eigenvalue weighted by Gasteiger charge is -2.29. The molecular weight excluding hydrogens is 973 g/mol. The topological polar surface area (TPSA) is 434 Å². The SMILES string of the molecule is CC[C@H](C)[C@H](NC(=O)[C@H](CCC(=O)O)NC(=O)[C@H](CO)NC(=O)[C@@H](NC(=O)[C@H](CC(C)C)NC(=O)[C@H](CC(=O)O)NC(=O)[C@H](CC(N)=O)NC(=O)[C@H](CC(C)C)NC(=O)[C@@H](N)Cc1ccccc1)C(C)C)C(=O)O. The summed E-state index contributed by atoms with van der Waals surface area (Å²) in [6.07, 6.45) is -2.67. The highest BCUT2D eigenvalue weighted by molar-refractivity contribution is 6.00. The van der Waals surface area contributed by atoms with Crippen LogP contribution in [0.5, 0.6) is 0 Å². The number of aliphatic hydroxyl groups excluding tert-OH is 1. The third kappa shape index (κ3) is 23.6. The van der Waals surface area contributed by atoms with Gasteiger partial charge in [0.25, 0.3) is 0 Å². The number of carbonyl (C=O) groups is 12. The van der Waals surface area contributed by atoms with E-state index in [0.717, 1.165) is 5.56 Å². The smallest absolute Gasteiger partial charge is 0.326 e. The Labute approximate surface area is 429 Å². The third-order valence-corrected chi connectivity index (χ3v) is 11.5. The second-order valence-electron chi connectivity index (χ2n) is 19.2. The molecule has 1 rings (SSSR count). The first-order valence-corrected chi connectivity index (χ1v) is 24.3. The molecule has 16 N–H and O–H groups in total. The lowest BCUT2D eigenvalue weighted by Crippen LogP contribution is -2.62. The lowest BCUT2D eigenvalue weighted by molar-refractivity contribution is -0.144. The Morgan fingerprint density at radius 2 is 0.932 bits per heavy atom. The minimum absolute atomic E-state index is 0.0495. The Balaban J connectivity index is 3.35. The van der Waals surface area contributed by atoms with E-state index in [1.165, 1.54) is 13.8 Å². The number of nitrogens with two attached hydrogens (primary N) is 2. The van der Waals surface area contributed by atoms with Crippen LogP contribution in [0.1, 0.15) is 106 Å². The van der Waals surface area contributed by atoms with Crippen LogP contribution in [-0.2, 0) is 64.0 Å². The standard InChI is InChI=1S/C48H76N10O16/c1-9-26(8)39(48(73)74)58-41(66)29(15-16-36(61)62)51-46(71)34(22-59)56-47(72)38(25(6)7)57-45(70)31(18-24(4)5)53-44(69)33(21-37(63)64)55-43(68)32(20-35(50)60)54-42(67)30(17-23(2)3)52-40(65)28(49)19-27-13-11-10-12-14-27/h10-14,23-26,28-34,38-39,59H,9,15-22,49H2,1-8H3,(H2,50,60)(H,51,71)(H,52,65)(H,53,69)(H,54,67)(H,55,68)(H,56,72)(H,57,70)(H,58,66)(H,61,62)(H,63,64)(H,73,74)/t26-,28-,29-,30-,31-,32-,33-,34-,38-,39-/m0/s1. The van der Waals surface area contributed by atoms with Gasteiger partial charge < -0.3 is 74.4 Å². The van der Waals surface area contributed by atoms with Gasteiger partial charge in [-0.05, 0) is 54.9 Å². The number of primary amides is 1. The van der Waals surface area contributed by atoms with Gasteiger partial charge in [0.05, 0.1) is 25.5 Å². The highest BCUT2D eigenvalue weighted by Gasteiger charge is 2.37. The average Bonchev–Trinajstić information content (AvgIpc) is 3.30. The normalized spacial score (nSPS) is 15.3. The van der Waals surface area contributed by atoms with Crippen molar-refractivity contribution in [3.05, 3.63) is 35.9 Å². The number of hydrogen-bond acceptors (Lipinski definition) is 14. The molecule has 74 heavy (non-hydrogen) atoms. The summed E-state index contributed by atoms with van der Waals surface area (Å²) in [5.74, 6) is -15.6. The number of benzene rings is 1. The molecule has 0 aromatic heterocycles. The third-order valence-electron chi connectivity index (χ3n) is 11.5. The summed E-state index contributed by atoms with van der Waals surface area (Å²) in [6.45, 7) is 12.0. The molecule has 0 heterocycles. The molecule has 0 radical (unpaired) electrons. The van der Waals surface area contributed by atoms with Gasteiger partial charge in [0.2, 0.25) is 53.2 Å². The number of rotatable bonds is 34. The van der Waals surface area contributed by atoms with E-state index in [2.05, 4.69) is 42.5 Å². The largest absolute Gasteiger partial charge is 0.481 e. The van der Waals surface area contributed by atoms with Crippen LogP contribution < -0.4 is 54.0 Å². The Morgan fingerprint density at radius 1 is 0.514 bits per heavy atom. The Kier molecular flexibility index (Phi) is 28.1. The highest BCUT2D eigenvalue weighted by atomic mass is 16.4. The van der Waals surface area contributed by atoms with Crippen molar-refractivity contribution < 1.29 is 78.0 Å². The molecule has 0 aliphatic carbocycles. The van der Waals surface area contributed by atoms with Crippen molar-refractivity contribution in [3.63, 3.8) is 0 Å². The number of amides is 9. The maximum atomic E-state index is 13.9. The van der Waals surface area contributed by atoms with E-state index in [-0.39, 0.29) is 31.1 Å². The van der Waals surface area contributed by atoms with Crippen molar-refractivity contribution in [1.82, 2.24) is 42.5 Å². The first-order chi connectivity index (χ1) is 34.5. The molecule has 26 heteroatoms. The fourth-order valence-electron chi connectivity index (χ4n) is 7.25. The van der Waals surface area contributed by atoms with Crippen LogP contribution in [0.25, 0.3) is 0 Å². The van der Waals surface area contributed by atoms with Gasteiger partial charge in [0.1, 0.15) is 48.3 Å². The van der Waals surface area contributed by atoms with Crippen LogP contribution in [0.4, 0.5) is 0 Å². The second-order valence-corrected chi connectivity index (χ2v) is 19.2. The van der Waals surface area contributed by atoms with Gasteiger partial charge in [-0.25, -0.2) is 4.79 Å². The molecule has 10 atom stereocenters. The molecule has 1 aromatic rings. The first kappa shape index (κ1) is 64.8. The minimum atomic E-state index is -1.95. The van der Waals surface area contributed by atoms with Gasteiger partial charge in [-0.15, -0.1) is 0 Å². The van der Waals surface area contributed by atoms with Crippen LogP contribution in [-0.4, -0.2) is 152 Å². The number of nitrogens with one attached hydrogen (secondary N) is 8. The molecule has 0 fully saturated rings. The number of aliphatic hydroxyl groups is 1. The summed E-state index contributed by atoms with van der Waals surface area (Å²) in [6, 6.07) is -5.13. The fraction of sp³-hybridized carbons (Fsp3) is 0.625. The maximum absolute atomic E-state index is 13.9. The van der Waals surface area contributed by atoms with E-state index in [9.17, 15) is 78.0 Å². The van der Waals surface area contributed by atoms with Crippen LogP contribution in [0.3, 0.4) is 0 Å². The molecule has 1 aromatic carbocycles. The van der Waals surface area contributed by atoms with Gasteiger partial charge in [-0.2, -0.15) is 0 Å². The van der Waals surface area contributed by atoms with Gasteiger partial charge >= 0.3 is 17.9 Å². The number of carbonyl (C=O) groups excluding carboxylic acids is 9. The molecule has 26 nitrogen and oxygen atoms in total. The van der Waals surface area contributed by atoms with Crippen LogP contribution in [0, 0.1) is 23.7 Å². The molecule has 9 amide bonds. The second kappa shape index (κ2) is 32.1. The van der Waals surface area contributed by atoms with Crippen molar-refractivity contribution in [2.45, 2.75) is 161 Å². The lowest BCUT2D eigenvalue weighted by atomic mass is 9.98. The zero-order chi connectivity index (χ0) is 56.6. The summed E-state index contributed by atoms with van der Waals surface area (Å²) in [5.41, 5.74) is 12.3. The van der Waals surface area contributed by atoms with E-state index >= 15 is 0 Å². The quantitative estimate of drug-likeness (QED) is 0.0340. The predicted octanol–water partition coefficient (Wildman–Crippen LogP) is -2.48. The van der Waals surface area contributed by atoms with E-state index in [1.54, 1.807) is 71.9 Å². The van der Waals surface area contributed by atoms with Crippen LogP contribution in [0.15, 0.2) is 30.3 Å². The minimum Gasteiger partial charge on any atom is -0.481 e. The van der Waals surface area contributed by atoms with Gasteiger partial charge in [0.15, 0.2) is 0 Å². The zero-order valence-electron chi connectivity index (χ0n) is 43.1.